The maximum atomic E-state index is 11.3. The lowest BCUT2D eigenvalue weighted by atomic mass is 9.88. The summed E-state index contributed by atoms with van der Waals surface area (Å²) >= 11 is 0. The van der Waals surface area contributed by atoms with E-state index < -0.39 is 9.84 Å². The highest BCUT2D eigenvalue weighted by Gasteiger charge is 2.34. The van der Waals surface area contributed by atoms with Crippen molar-refractivity contribution in [3.8, 4) is 0 Å². The van der Waals surface area contributed by atoms with Gasteiger partial charge < -0.3 is 10.6 Å². The zero-order valence-electron chi connectivity index (χ0n) is 12.2. The van der Waals surface area contributed by atoms with Gasteiger partial charge in [-0.25, -0.2) is 8.42 Å². The van der Waals surface area contributed by atoms with Gasteiger partial charge in [-0.15, -0.1) is 0 Å². The second-order valence-corrected chi connectivity index (χ2v) is 8.60. The van der Waals surface area contributed by atoms with E-state index in [-0.39, 0.29) is 11.8 Å². The van der Waals surface area contributed by atoms with E-state index in [1.807, 2.05) is 6.92 Å². The van der Waals surface area contributed by atoms with Crippen LogP contribution in [0.5, 0.6) is 0 Å². The predicted molar refractivity (Wildman–Crippen MR) is 79.1 cm³/mol. The molecule has 1 heterocycles. The van der Waals surface area contributed by atoms with Crippen molar-refractivity contribution in [1.82, 2.24) is 10.6 Å². The van der Waals surface area contributed by atoms with Crippen molar-refractivity contribution in [1.29, 1.82) is 0 Å². The van der Waals surface area contributed by atoms with Crippen LogP contribution in [0.1, 0.15) is 45.4 Å². The molecule has 0 amide bonds. The van der Waals surface area contributed by atoms with Crippen molar-refractivity contribution < 1.29 is 8.42 Å². The second kappa shape index (κ2) is 6.55. The average molecular weight is 288 g/mol. The Hall–Kier alpha value is -0.130. The van der Waals surface area contributed by atoms with Crippen molar-refractivity contribution >= 4 is 9.84 Å². The van der Waals surface area contributed by atoms with Crippen molar-refractivity contribution in [3.63, 3.8) is 0 Å². The molecule has 1 saturated carbocycles. The first kappa shape index (κ1) is 15.3. The Bertz CT molecular complexity index is 377. The van der Waals surface area contributed by atoms with Crippen LogP contribution in [0, 0.1) is 5.92 Å². The number of rotatable bonds is 5. The maximum absolute atomic E-state index is 11.3. The van der Waals surface area contributed by atoms with Gasteiger partial charge in [0.15, 0.2) is 0 Å². The molecule has 2 rings (SSSR count). The van der Waals surface area contributed by atoms with Crippen LogP contribution in [0.4, 0.5) is 0 Å². The summed E-state index contributed by atoms with van der Waals surface area (Å²) in [5, 5.41) is 7.22. The molecule has 4 atom stereocenters. The van der Waals surface area contributed by atoms with Gasteiger partial charge in [0, 0.05) is 24.4 Å². The standard InChI is InChI=1S/C14H28N2O2S/c1-11(10-19(2,17)18)16-14-8-5-6-12(14)13-7-3-4-9-15-13/h11-16H,3-10H2,1-2H3. The minimum atomic E-state index is -2.89. The summed E-state index contributed by atoms with van der Waals surface area (Å²) in [5.41, 5.74) is 0. The van der Waals surface area contributed by atoms with E-state index in [1.54, 1.807) is 0 Å². The normalized spacial score (nSPS) is 34.3. The highest BCUT2D eigenvalue weighted by Crippen LogP contribution is 2.32. The third-order valence-electron chi connectivity index (χ3n) is 4.49. The highest BCUT2D eigenvalue weighted by atomic mass is 32.2. The van der Waals surface area contributed by atoms with E-state index in [9.17, 15) is 8.42 Å². The van der Waals surface area contributed by atoms with Gasteiger partial charge in [0.25, 0.3) is 0 Å². The van der Waals surface area contributed by atoms with E-state index in [2.05, 4.69) is 10.6 Å². The molecule has 4 nitrogen and oxygen atoms in total. The van der Waals surface area contributed by atoms with Crippen LogP contribution in [0.3, 0.4) is 0 Å². The summed E-state index contributed by atoms with van der Waals surface area (Å²) in [4.78, 5) is 0. The molecule has 0 spiro atoms. The van der Waals surface area contributed by atoms with Crippen LogP contribution in [-0.2, 0) is 9.84 Å². The average Bonchev–Trinajstić information content (AvgIpc) is 2.75. The first-order valence-electron chi connectivity index (χ1n) is 7.63. The molecule has 2 N–H and O–H groups in total. The second-order valence-electron chi connectivity index (χ2n) is 6.42. The molecule has 0 aromatic rings. The van der Waals surface area contributed by atoms with Gasteiger partial charge in [-0.3, -0.25) is 0 Å². The van der Waals surface area contributed by atoms with Crippen molar-refractivity contribution in [2.45, 2.75) is 63.6 Å². The Labute approximate surface area is 117 Å². The fraction of sp³-hybridized carbons (Fsp3) is 1.00. The van der Waals surface area contributed by atoms with Gasteiger partial charge in [0.1, 0.15) is 9.84 Å². The molecule has 4 unspecified atom stereocenters. The van der Waals surface area contributed by atoms with Crippen LogP contribution >= 0.6 is 0 Å². The molecule has 0 bridgehead atoms. The number of sulfone groups is 1. The minimum Gasteiger partial charge on any atom is -0.314 e. The molecule has 1 saturated heterocycles. The quantitative estimate of drug-likeness (QED) is 0.801. The Morgan fingerprint density at radius 1 is 1.21 bits per heavy atom. The van der Waals surface area contributed by atoms with Gasteiger partial charge in [-0.1, -0.05) is 12.8 Å². The van der Waals surface area contributed by atoms with E-state index in [0.717, 1.165) is 6.54 Å². The van der Waals surface area contributed by atoms with Gasteiger partial charge >= 0.3 is 0 Å². The fourth-order valence-electron chi connectivity index (χ4n) is 3.79. The number of hydrogen-bond acceptors (Lipinski definition) is 4. The molecule has 2 fully saturated rings. The SMILES string of the molecule is CC(CS(C)(=O)=O)NC1CCCC1C1CCCCN1. The lowest BCUT2D eigenvalue weighted by molar-refractivity contribution is 0.251. The number of nitrogens with one attached hydrogen (secondary N) is 2. The van der Waals surface area contributed by atoms with Crippen LogP contribution < -0.4 is 10.6 Å². The fourth-order valence-corrected chi connectivity index (χ4v) is 4.79. The third kappa shape index (κ3) is 4.72. The van der Waals surface area contributed by atoms with Crippen LogP contribution in [-0.4, -0.2) is 45.1 Å². The van der Waals surface area contributed by atoms with E-state index >= 15 is 0 Å². The summed E-state index contributed by atoms with van der Waals surface area (Å²) in [6.45, 7) is 3.14. The molecule has 0 radical (unpaired) electrons. The van der Waals surface area contributed by atoms with Crippen LogP contribution in [0.25, 0.3) is 0 Å². The van der Waals surface area contributed by atoms with Crippen LogP contribution in [0.2, 0.25) is 0 Å². The number of hydrogen-bond donors (Lipinski definition) is 2. The zero-order chi connectivity index (χ0) is 13.9. The summed E-state index contributed by atoms with van der Waals surface area (Å²) in [6.07, 6.45) is 8.97. The Morgan fingerprint density at radius 2 is 2.00 bits per heavy atom. The highest BCUT2D eigenvalue weighted by molar-refractivity contribution is 7.90. The minimum absolute atomic E-state index is 0.0594. The maximum Gasteiger partial charge on any atom is 0.148 e. The lowest BCUT2D eigenvalue weighted by Crippen LogP contribution is -2.49. The molecule has 1 aliphatic carbocycles. The Kier molecular flexibility index (Phi) is 5.26. The molecule has 2 aliphatic rings. The van der Waals surface area contributed by atoms with Gasteiger partial charge in [-0.2, -0.15) is 0 Å². The predicted octanol–water partition coefficient (Wildman–Crippen LogP) is 1.32. The summed E-state index contributed by atoms with van der Waals surface area (Å²) in [5.74, 6) is 0.927. The van der Waals surface area contributed by atoms with Gasteiger partial charge in [0.05, 0.1) is 5.75 Å². The first-order valence-corrected chi connectivity index (χ1v) is 9.69. The van der Waals surface area contributed by atoms with Crippen molar-refractivity contribution in [3.05, 3.63) is 0 Å². The molecule has 5 heteroatoms. The molecule has 1 aliphatic heterocycles. The molecular weight excluding hydrogens is 260 g/mol. The topological polar surface area (TPSA) is 58.2 Å². The summed E-state index contributed by atoms with van der Waals surface area (Å²) in [7, 11) is -2.89. The van der Waals surface area contributed by atoms with Gasteiger partial charge in [-0.05, 0) is 45.1 Å². The molecule has 19 heavy (non-hydrogen) atoms. The Morgan fingerprint density at radius 3 is 2.63 bits per heavy atom. The first-order chi connectivity index (χ1) is 8.96. The molecular formula is C14H28N2O2S. The van der Waals surface area contributed by atoms with Crippen molar-refractivity contribution in [2.24, 2.45) is 5.92 Å². The number of piperidine rings is 1. The molecule has 112 valence electrons. The monoisotopic (exact) mass is 288 g/mol. The van der Waals surface area contributed by atoms with E-state index in [0.29, 0.717) is 18.0 Å². The summed E-state index contributed by atoms with van der Waals surface area (Å²) in [6, 6.07) is 1.19. The van der Waals surface area contributed by atoms with Crippen LogP contribution in [0.15, 0.2) is 0 Å². The smallest absolute Gasteiger partial charge is 0.148 e. The lowest BCUT2D eigenvalue weighted by Gasteiger charge is -2.34. The zero-order valence-corrected chi connectivity index (χ0v) is 13.0. The van der Waals surface area contributed by atoms with E-state index in [1.165, 1.54) is 44.8 Å². The largest absolute Gasteiger partial charge is 0.314 e. The molecule has 0 aromatic heterocycles. The third-order valence-corrected chi connectivity index (χ3v) is 5.59. The Balaban J connectivity index is 1.87. The molecule has 0 aromatic carbocycles. The van der Waals surface area contributed by atoms with E-state index in [4.69, 9.17) is 0 Å². The van der Waals surface area contributed by atoms with Gasteiger partial charge in [0.2, 0.25) is 0 Å². The van der Waals surface area contributed by atoms with Crippen molar-refractivity contribution in [2.75, 3.05) is 18.6 Å². The summed E-state index contributed by atoms with van der Waals surface area (Å²) < 4.78 is 22.7.